The van der Waals surface area contributed by atoms with Gasteiger partial charge < -0.3 is 9.64 Å². The number of carbonyl (C=O) groups is 1. The Morgan fingerprint density at radius 1 is 1.33 bits per heavy atom. The van der Waals surface area contributed by atoms with Crippen LogP contribution >= 0.6 is 11.3 Å². The number of amides is 1. The monoisotopic (exact) mass is 310 g/mol. The molecular weight excluding hydrogens is 284 g/mol. The van der Waals surface area contributed by atoms with Gasteiger partial charge in [0.1, 0.15) is 6.17 Å². The van der Waals surface area contributed by atoms with Crippen molar-refractivity contribution in [3.05, 3.63) is 22.4 Å². The Balaban J connectivity index is 1.94. The molecule has 1 aromatic heterocycles. The van der Waals surface area contributed by atoms with Crippen LogP contribution in [0.2, 0.25) is 0 Å². The molecule has 2 heterocycles. The van der Waals surface area contributed by atoms with Crippen LogP contribution in [0.5, 0.6) is 0 Å². The van der Waals surface area contributed by atoms with Crippen molar-refractivity contribution >= 4 is 17.2 Å². The summed E-state index contributed by atoms with van der Waals surface area (Å²) in [5.74, 6) is 0.241. The van der Waals surface area contributed by atoms with Gasteiger partial charge in [-0.25, -0.2) is 0 Å². The third-order valence-electron chi connectivity index (χ3n) is 3.68. The summed E-state index contributed by atoms with van der Waals surface area (Å²) in [4.78, 5) is 15.8. The largest absolute Gasteiger partial charge is 0.381 e. The fraction of sp³-hybridized carbons (Fsp3) is 0.688. The second-order valence-corrected chi connectivity index (χ2v) is 6.40. The molecule has 5 heteroatoms. The van der Waals surface area contributed by atoms with E-state index in [4.69, 9.17) is 4.74 Å². The Morgan fingerprint density at radius 3 is 2.86 bits per heavy atom. The average Bonchev–Trinajstić information content (AvgIpc) is 3.10. The minimum atomic E-state index is -0.0290. The third kappa shape index (κ3) is 4.28. The van der Waals surface area contributed by atoms with Gasteiger partial charge >= 0.3 is 0 Å². The van der Waals surface area contributed by atoms with Crippen LogP contribution in [-0.2, 0) is 9.53 Å². The maximum Gasteiger partial charge on any atom is 0.241 e. The lowest BCUT2D eigenvalue weighted by atomic mass is 10.2. The molecule has 2 atom stereocenters. The molecule has 21 heavy (non-hydrogen) atoms. The van der Waals surface area contributed by atoms with E-state index < -0.39 is 0 Å². The molecular formula is C16H26N2O2S. The van der Waals surface area contributed by atoms with Crippen molar-refractivity contribution in [2.45, 2.75) is 51.7 Å². The lowest BCUT2D eigenvalue weighted by Gasteiger charge is -2.23. The van der Waals surface area contributed by atoms with Gasteiger partial charge in [-0.05, 0) is 30.7 Å². The van der Waals surface area contributed by atoms with E-state index in [-0.39, 0.29) is 18.1 Å². The summed E-state index contributed by atoms with van der Waals surface area (Å²) in [5, 5.41) is 5.56. The normalized spacial score (nSPS) is 22.2. The summed E-state index contributed by atoms with van der Waals surface area (Å²) >= 11 is 1.71. The molecule has 0 bridgehead atoms. The lowest BCUT2D eigenvalue weighted by Crippen LogP contribution is -2.32. The van der Waals surface area contributed by atoms with Crippen molar-refractivity contribution in [3.8, 4) is 0 Å². The van der Waals surface area contributed by atoms with E-state index in [1.165, 1.54) is 4.88 Å². The van der Waals surface area contributed by atoms with E-state index in [1.54, 1.807) is 11.3 Å². The SMILES string of the molecule is CCCOCCCN1C(=O)C(CCC)NC1c1cccs1. The summed E-state index contributed by atoms with van der Waals surface area (Å²) in [6.45, 7) is 6.52. The van der Waals surface area contributed by atoms with Gasteiger partial charge in [0, 0.05) is 24.6 Å². The van der Waals surface area contributed by atoms with Crippen molar-refractivity contribution in [3.63, 3.8) is 0 Å². The zero-order chi connectivity index (χ0) is 15.1. The average molecular weight is 310 g/mol. The number of ether oxygens (including phenoxy) is 1. The van der Waals surface area contributed by atoms with E-state index in [0.717, 1.165) is 45.4 Å². The molecule has 1 aliphatic heterocycles. The van der Waals surface area contributed by atoms with E-state index in [1.807, 2.05) is 11.0 Å². The van der Waals surface area contributed by atoms with Gasteiger partial charge in [-0.15, -0.1) is 11.3 Å². The van der Waals surface area contributed by atoms with Crippen molar-refractivity contribution in [1.29, 1.82) is 0 Å². The number of carbonyl (C=O) groups excluding carboxylic acids is 1. The first-order chi connectivity index (χ1) is 10.3. The Morgan fingerprint density at radius 2 is 2.19 bits per heavy atom. The predicted octanol–water partition coefficient (Wildman–Crippen LogP) is 3.16. The van der Waals surface area contributed by atoms with Crippen LogP contribution in [0.15, 0.2) is 17.5 Å². The third-order valence-corrected chi connectivity index (χ3v) is 4.60. The molecule has 118 valence electrons. The van der Waals surface area contributed by atoms with E-state index in [9.17, 15) is 4.79 Å². The minimum absolute atomic E-state index is 0.0290. The van der Waals surface area contributed by atoms with Crippen LogP contribution in [0.4, 0.5) is 0 Å². The van der Waals surface area contributed by atoms with Crippen LogP contribution in [-0.4, -0.2) is 36.6 Å². The van der Waals surface area contributed by atoms with Gasteiger partial charge in [-0.2, -0.15) is 0 Å². The molecule has 4 nitrogen and oxygen atoms in total. The molecule has 1 aromatic rings. The first kappa shape index (κ1) is 16.5. The molecule has 1 fully saturated rings. The maximum atomic E-state index is 12.5. The van der Waals surface area contributed by atoms with Gasteiger partial charge in [0.05, 0.1) is 6.04 Å². The van der Waals surface area contributed by atoms with Gasteiger partial charge in [0.2, 0.25) is 5.91 Å². The van der Waals surface area contributed by atoms with E-state index in [0.29, 0.717) is 0 Å². The van der Waals surface area contributed by atoms with Crippen molar-refractivity contribution < 1.29 is 9.53 Å². The highest BCUT2D eigenvalue weighted by atomic mass is 32.1. The molecule has 1 amide bonds. The maximum absolute atomic E-state index is 12.5. The molecule has 2 unspecified atom stereocenters. The first-order valence-corrected chi connectivity index (χ1v) is 8.83. The highest BCUT2D eigenvalue weighted by Crippen LogP contribution is 2.29. The number of nitrogens with zero attached hydrogens (tertiary/aromatic N) is 1. The quantitative estimate of drug-likeness (QED) is 0.712. The van der Waals surface area contributed by atoms with Gasteiger partial charge in [0.15, 0.2) is 0 Å². The molecule has 0 saturated carbocycles. The lowest BCUT2D eigenvalue weighted by molar-refractivity contribution is -0.130. The first-order valence-electron chi connectivity index (χ1n) is 7.95. The summed E-state index contributed by atoms with van der Waals surface area (Å²) in [6, 6.07) is 4.12. The number of nitrogens with one attached hydrogen (secondary N) is 1. The molecule has 1 saturated heterocycles. The number of rotatable bonds is 9. The van der Waals surface area contributed by atoms with E-state index in [2.05, 4.69) is 30.6 Å². The second kappa shape index (κ2) is 8.51. The summed E-state index contributed by atoms with van der Waals surface area (Å²) < 4.78 is 5.52. The Labute approximate surface area is 131 Å². The highest BCUT2D eigenvalue weighted by Gasteiger charge is 2.38. The van der Waals surface area contributed by atoms with Gasteiger partial charge in [0.25, 0.3) is 0 Å². The van der Waals surface area contributed by atoms with Crippen molar-refractivity contribution in [1.82, 2.24) is 10.2 Å². The summed E-state index contributed by atoms with van der Waals surface area (Å²) in [5.41, 5.74) is 0. The summed E-state index contributed by atoms with van der Waals surface area (Å²) in [6.07, 6.45) is 3.91. The topological polar surface area (TPSA) is 41.6 Å². The van der Waals surface area contributed by atoms with Crippen LogP contribution in [0.1, 0.15) is 50.6 Å². The molecule has 0 radical (unpaired) electrons. The molecule has 1 aliphatic rings. The highest BCUT2D eigenvalue weighted by molar-refractivity contribution is 7.10. The van der Waals surface area contributed by atoms with E-state index >= 15 is 0 Å². The minimum Gasteiger partial charge on any atom is -0.381 e. The van der Waals surface area contributed by atoms with Gasteiger partial charge in [-0.3, -0.25) is 10.1 Å². The van der Waals surface area contributed by atoms with Crippen molar-refractivity contribution in [2.75, 3.05) is 19.8 Å². The number of hydrogen-bond acceptors (Lipinski definition) is 4. The second-order valence-electron chi connectivity index (χ2n) is 5.42. The molecule has 0 spiro atoms. The zero-order valence-corrected chi connectivity index (χ0v) is 13.8. The van der Waals surface area contributed by atoms with Crippen LogP contribution in [0.25, 0.3) is 0 Å². The zero-order valence-electron chi connectivity index (χ0n) is 13.0. The van der Waals surface area contributed by atoms with Crippen molar-refractivity contribution in [2.24, 2.45) is 0 Å². The standard InChI is InChI=1S/C16H26N2O2S/c1-3-7-13-16(19)18(9-6-11-20-10-4-2)15(17-13)14-8-5-12-21-14/h5,8,12-13,15,17H,3-4,6-7,9-11H2,1-2H3. The molecule has 0 aromatic carbocycles. The number of thiophene rings is 1. The van der Waals surface area contributed by atoms with Crippen LogP contribution in [0, 0.1) is 0 Å². The number of hydrogen-bond donors (Lipinski definition) is 1. The fourth-order valence-electron chi connectivity index (χ4n) is 2.68. The smallest absolute Gasteiger partial charge is 0.241 e. The molecule has 1 N–H and O–H groups in total. The Bertz CT molecular complexity index is 422. The van der Waals surface area contributed by atoms with Crippen LogP contribution in [0.3, 0.4) is 0 Å². The summed E-state index contributed by atoms with van der Waals surface area (Å²) in [7, 11) is 0. The Hall–Kier alpha value is -0.910. The van der Waals surface area contributed by atoms with Crippen LogP contribution < -0.4 is 5.32 Å². The van der Waals surface area contributed by atoms with Gasteiger partial charge in [-0.1, -0.05) is 26.3 Å². The predicted molar refractivity (Wildman–Crippen MR) is 86.3 cm³/mol. The molecule has 0 aliphatic carbocycles. The Kier molecular flexibility index (Phi) is 6.67. The fourth-order valence-corrected chi connectivity index (χ4v) is 3.48. The molecule has 2 rings (SSSR count).